The van der Waals surface area contributed by atoms with Gasteiger partial charge in [-0.2, -0.15) is 10.2 Å². The molecule has 3 aromatic rings. The van der Waals surface area contributed by atoms with E-state index in [-0.39, 0.29) is 11.9 Å². The van der Waals surface area contributed by atoms with Crippen molar-refractivity contribution in [1.29, 1.82) is 5.26 Å². The Bertz CT molecular complexity index is 1050. The van der Waals surface area contributed by atoms with Gasteiger partial charge in [0.2, 0.25) is 11.7 Å². The highest BCUT2D eigenvalue weighted by Crippen LogP contribution is 2.29. The van der Waals surface area contributed by atoms with Crippen molar-refractivity contribution in [3.05, 3.63) is 65.0 Å². The van der Waals surface area contributed by atoms with E-state index in [4.69, 9.17) is 21.4 Å². The monoisotopic (exact) mass is 407 g/mol. The number of anilines is 1. The first-order valence-electron chi connectivity index (χ1n) is 9.28. The number of amides is 2. The Morgan fingerprint density at radius 1 is 1.21 bits per heavy atom. The minimum atomic E-state index is -0.175. The molecule has 1 saturated heterocycles. The number of hydrogen-bond acceptors (Lipinski definition) is 5. The molecule has 1 aliphatic rings. The van der Waals surface area contributed by atoms with E-state index < -0.39 is 0 Å². The van der Waals surface area contributed by atoms with Crippen LogP contribution in [0.3, 0.4) is 0 Å². The highest BCUT2D eigenvalue weighted by Gasteiger charge is 2.27. The zero-order valence-corrected chi connectivity index (χ0v) is 16.3. The van der Waals surface area contributed by atoms with Gasteiger partial charge in [0.15, 0.2) is 0 Å². The molecule has 0 aliphatic carbocycles. The molecule has 0 radical (unpaired) electrons. The second-order valence-corrected chi connectivity index (χ2v) is 7.28. The lowest BCUT2D eigenvalue weighted by Crippen LogP contribution is -2.40. The van der Waals surface area contributed by atoms with Crippen LogP contribution in [0.25, 0.3) is 11.4 Å². The summed E-state index contributed by atoms with van der Waals surface area (Å²) in [5.74, 6) is 1.25. The van der Waals surface area contributed by atoms with Crippen LogP contribution in [0.15, 0.2) is 53.1 Å². The molecule has 1 aromatic heterocycles. The Labute approximate surface area is 172 Å². The SMILES string of the molecule is N#Cc1cccc(NC(=O)N2CCC(c3nc(-c4ccc(Cl)cc4)no3)CC2)c1. The number of aromatic nitrogens is 2. The van der Waals surface area contributed by atoms with Gasteiger partial charge < -0.3 is 14.7 Å². The van der Waals surface area contributed by atoms with Crippen LogP contribution in [-0.2, 0) is 0 Å². The minimum Gasteiger partial charge on any atom is -0.339 e. The maximum atomic E-state index is 12.5. The molecule has 8 heteroatoms. The van der Waals surface area contributed by atoms with Crippen LogP contribution in [0.1, 0.15) is 30.2 Å². The van der Waals surface area contributed by atoms with E-state index >= 15 is 0 Å². The predicted octanol–water partition coefficient (Wildman–Crippen LogP) is 4.67. The van der Waals surface area contributed by atoms with Crippen LogP contribution in [0.5, 0.6) is 0 Å². The van der Waals surface area contributed by atoms with Gasteiger partial charge in [0.05, 0.1) is 11.6 Å². The fourth-order valence-electron chi connectivity index (χ4n) is 3.32. The van der Waals surface area contributed by atoms with Crippen LogP contribution in [-0.4, -0.2) is 34.2 Å². The number of urea groups is 1. The third-order valence-electron chi connectivity index (χ3n) is 4.92. The summed E-state index contributed by atoms with van der Waals surface area (Å²) in [6.07, 6.45) is 1.49. The topological polar surface area (TPSA) is 95.1 Å². The predicted molar refractivity (Wildman–Crippen MR) is 108 cm³/mol. The molecule has 29 heavy (non-hydrogen) atoms. The molecular formula is C21H18ClN5O2. The van der Waals surface area contributed by atoms with Gasteiger partial charge in [0, 0.05) is 35.3 Å². The fraction of sp³-hybridized carbons (Fsp3) is 0.238. The van der Waals surface area contributed by atoms with Gasteiger partial charge in [-0.15, -0.1) is 0 Å². The maximum absolute atomic E-state index is 12.5. The number of nitriles is 1. The number of nitrogens with zero attached hydrogens (tertiary/aromatic N) is 4. The van der Waals surface area contributed by atoms with E-state index in [1.165, 1.54) is 0 Å². The van der Waals surface area contributed by atoms with Gasteiger partial charge in [-0.3, -0.25) is 0 Å². The summed E-state index contributed by atoms with van der Waals surface area (Å²) in [7, 11) is 0. The van der Waals surface area contributed by atoms with Gasteiger partial charge in [-0.05, 0) is 55.3 Å². The number of piperidine rings is 1. The van der Waals surface area contributed by atoms with Crippen molar-refractivity contribution in [3.8, 4) is 17.5 Å². The summed E-state index contributed by atoms with van der Waals surface area (Å²) < 4.78 is 5.46. The second-order valence-electron chi connectivity index (χ2n) is 6.85. The summed E-state index contributed by atoms with van der Waals surface area (Å²) in [4.78, 5) is 18.8. The standard InChI is InChI=1S/C21H18ClN5O2/c22-17-6-4-15(5-7-17)19-25-20(29-26-19)16-8-10-27(11-9-16)21(28)24-18-3-1-2-14(12-18)13-23/h1-7,12,16H,8-11H2,(H,24,28). The lowest BCUT2D eigenvalue weighted by Gasteiger charge is -2.30. The number of nitrogens with one attached hydrogen (secondary N) is 1. The smallest absolute Gasteiger partial charge is 0.321 e. The Kier molecular flexibility index (Phi) is 5.45. The molecule has 1 fully saturated rings. The Balaban J connectivity index is 1.35. The van der Waals surface area contributed by atoms with Crippen molar-refractivity contribution in [2.24, 2.45) is 0 Å². The van der Waals surface area contributed by atoms with E-state index in [0.717, 1.165) is 18.4 Å². The molecule has 2 heterocycles. The zero-order valence-electron chi connectivity index (χ0n) is 15.5. The summed E-state index contributed by atoms with van der Waals surface area (Å²) in [6, 6.07) is 16.0. The van der Waals surface area contributed by atoms with E-state index in [2.05, 4.69) is 21.5 Å². The number of carbonyl (C=O) groups excluding carboxylic acids is 1. The first kappa shape index (κ1) is 19.0. The number of benzene rings is 2. The third kappa shape index (κ3) is 4.39. The molecule has 2 aromatic carbocycles. The molecule has 7 nitrogen and oxygen atoms in total. The number of rotatable bonds is 3. The van der Waals surface area contributed by atoms with Gasteiger partial charge in [-0.25, -0.2) is 4.79 Å². The van der Waals surface area contributed by atoms with Crippen LogP contribution in [0.2, 0.25) is 5.02 Å². The molecule has 0 atom stereocenters. The Hall–Kier alpha value is -3.37. The average Bonchev–Trinajstić information content (AvgIpc) is 3.25. The number of halogens is 1. The van der Waals surface area contributed by atoms with Crippen molar-refractivity contribution in [1.82, 2.24) is 15.0 Å². The minimum absolute atomic E-state index is 0.120. The molecule has 0 saturated carbocycles. The van der Waals surface area contributed by atoms with Gasteiger partial charge >= 0.3 is 6.03 Å². The molecule has 1 aliphatic heterocycles. The molecule has 0 spiro atoms. The first-order valence-corrected chi connectivity index (χ1v) is 9.66. The molecule has 1 N–H and O–H groups in total. The largest absolute Gasteiger partial charge is 0.339 e. The van der Waals surface area contributed by atoms with Crippen LogP contribution in [0, 0.1) is 11.3 Å². The van der Waals surface area contributed by atoms with Crippen molar-refractivity contribution in [2.75, 3.05) is 18.4 Å². The lowest BCUT2D eigenvalue weighted by molar-refractivity contribution is 0.187. The van der Waals surface area contributed by atoms with Crippen molar-refractivity contribution >= 4 is 23.3 Å². The number of carbonyl (C=O) groups is 1. The van der Waals surface area contributed by atoms with Gasteiger partial charge in [0.1, 0.15) is 0 Å². The molecule has 146 valence electrons. The Morgan fingerprint density at radius 2 is 1.97 bits per heavy atom. The van der Waals surface area contributed by atoms with Crippen molar-refractivity contribution < 1.29 is 9.32 Å². The maximum Gasteiger partial charge on any atom is 0.321 e. The quantitative estimate of drug-likeness (QED) is 0.680. The molecule has 0 unspecified atom stereocenters. The van der Waals surface area contributed by atoms with Crippen molar-refractivity contribution in [2.45, 2.75) is 18.8 Å². The average molecular weight is 408 g/mol. The molecular weight excluding hydrogens is 390 g/mol. The molecule has 2 amide bonds. The summed E-state index contributed by atoms with van der Waals surface area (Å²) in [5, 5.41) is 16.5. The zero-order chi connectivity index (χ0) is 20.2. The van der Waals surface area contributed by atoms with E-state index in [1.54, 1.807) is 41.3 Å². The Morgan fingerprint density at radius 3 is 2.69 bits per heavy atom. The number of likely N-dealkylation sites (tertiary alicyclic amines) is 1. The third-order valence-corrected chi connectivity index (χ3v) is 5.17. The van der Waals surface area contributed by atoms with E-state index in [1.807, 2.05) is 12.1 Å². The fourth-order valence-corrected chi connectivity index (χ4v) is 3.44. The van der Waals surface area contributed by atoms with E-state index in [0.29, 0.717) is 41.1 Å². The second kappa shape index (κ2) is 8.33. The highest BCUT2D eigenvalue weighted by atomic mass is 35.5. The summed E-state index contributed by atoms with van der Waals surface area (Å²) >= 11 is 5.92. The van der Waals surface area contributed by atoms with Crippen LogP contribution < -0.4 is 5.32 Å². The highest BCUT2D eigenvalue weighted by molar-refractivity contribution is 6.30. The van der Waals surface area contributed by atoms with Crippen molar-refractivity contribution in [3.63, 3.8) is 0 Å². The molecule has 0 bridgehead atoms. The van der Waals surface area contributed by atoms with E-state index in [9.17, 15) is 4.79 Å². The summed E-state index contributed by atoms with van der Waals surface area (Å²) in [5.41, 5.74) is 1.97. The summed E-state index contributed by atoms with van der Waals surface area (Å²) in [6.45, 7) is 1.18. The molecule has 4 rings (SSSR count). The normalized spacial score (nSPS) is 14.4. The van der Waals surface area contributed by atoms with Crippen LogP contribution >= 0.6 is 11.6 Å². The van der Waals surface area contributed by atoms with Crippen LogP contribution in [0.4, 0.5) is 10.5 Å². The van der Waals surface area contributed by atoms with Gasteiger partial charge in [0.25, 0.3) is 0 Å². The number of hydrogen-bond donors (Lipinski definition) is 1. The van der Waals surface area contributed by atoms with Gasteiger partial charge in [-0.1, -0.05) is 22.8 Å². The first-order chi connectivity index (χ1) is 14.1. The lowest BCUT2D eigenvalue weighted by atomic mass is 9.97.